The summed E-state index contributed by atoms with van der Waals surface area (Å²) in [6.07, 6.45) is 0. The first-order valence-corrected chi connectivity index (χ1v) is 30.5. The van der Waals surface area contributed by atoms with Gasteiger partial charge in [-0.3, -0.25) is 0 Å². The van der Waals surface area contributed by atoms with Gasteiger partial charge in [-0.1, -0.05) is 200 Å². The van der Waals surface area contributed by atoms with E-state index < -0.39 is 0 Å². The van der Waals surface area contributed by atoms with Gasteiger partial charge in [-0.25, -0.2) is 0 Å². The van der Waals surface area contributed by atoms with Crippen LogP contribution in [-0.2, 0) is 0 Å². The average molecular weight is 1120 g/mol. The zero-order chi connectivity index (χ0) is 57.3. The summed E-state index contributed by atoms with van der Waals surface area (Å²) in [5, 5.41) is 17.4. The number of aromatic nitrogens is 4. The van der Waals surface area contributed by atoms with Crippen molar-refractivity contribution in [3.8, 4) is 67.3 Å². The van der Waals surface area contributed by atoms with Gasteiger partial charge in [0.25, 0.3) is 0 Å². The Kier molecular flexibility index (Phi) is 9.69. The van der Waals surface area contributed by atoms with Gasteiger partial charge in [0.05, 0.1) is 49.8 Å². The Morgan fingerprint density at radius 1 is 0.148 bits per heavy atom. The lowest BCUT2D eigenvalue weighted by molar-refractivity contribution is 1.16. The number of benzene rings is 15. The van der Waals surface area contributed by atoms with E-state index in [0.717, 1.165) is 39.3 Å². The Morgan fingerprint density at radius 2 is 0.443 bits per heavy atom. The zero-order valence-electron chi connectivity index (χ0n) is 47.7. The van der Waals surface area contributed by atoms with Gasteiger partial charge >= 0.3 is 0 Å². The summed E-state index contributed by atoms with van der Waals surface area (Å²) in [5.74, 6) is 0. The van der Waals surface area contributed by atoms with Gasteiger partial charge in [0.1, 0.15) is 0 Å². The zero-order valence-corrected chi connectivity index (χ0v) is 47.7. The number of hydrogen-bond acceptors (Lipinski definition) is 0. The largest absolute Gasteiger partial charge is 0.309 e. The van der Waals surface area contributed by atoms with Crippen LogP contribution in [0.4, 0.5) is 0 Å². The summed E-state index contributed by atoms with van der Waals surface area (Å²) >= 11 is 0. The third-order valence-corrected chi connectivity index (χ3v) is 19.5. The number of fused-ring (bicyclic) bond motifs is 26. The Labute approximate surface area is 505 Å². The quantitative estimate of drug-likeness (QED) is 0.157. The maximum absolute atomic E-state index is 2.54. The minimum atomic E-state index is 1.11. The van der Waals surface area contributed by atoms with Crippen LogP contribution in [0, 0.1) is 0 Å². The molecular weight excluding hydrogens is 1060 g/mol. The fraction of sp³-hybridized carbons (Fsp3) is 0. The molecule has 0 saturated carbocycles. The molecule has 88 heavy (non-hydrogen) atoms. The molecule has 4 nitrogen and oxygen atoms in total. The Balaban J connectivity index is 0.867. The lowest BCUT2D eigenvalue weighted by Gasteiger charge is -2.27. The molecule has 19 aromatic rings. The highest BCUT2D eigenvalue weighted by Gasteiger charge is 2.29. The molecule has 1 aliphatic rings. The van der Waals surface area contributed by atoms with E-state index in [2.05, 4.69) is 322 Å². The first kappa shape index (κ1) is 47.6. The Bertz CT molecular complexity index is 6150. The highest BCUT2D eigenvalue weighted by atomic mass is 15.0. The second kappa shape index (κ2) is 17.9. The maximum atomic E-state index is 2.54. The summed E-state index contributed by atoms with van der Waals surface area (Å²) in [7, 11) is 0. The molecule has 0 N–H and O–H groups in total. The van der Waals surface area contributed by atoms with Gasteiger partial charge in [-0.2, -0.15) is 0 Å². The van der Waals surface area contributed by atoms with Gasteiger partial charge in [0, 0.05) is 65.7 Å². The average Bonchev–Trinajstić information content (AvgIpc) is 2.13. The number of hydrogen-bond donors (Lipinski definition) is 0. The van der Waals surface area contributed by atoms with Crippen molar-refractivity contribution in [1.29, 1.82) is 0 Å². The van der Waals surface area contributed by atoms with E-state index in [-0.39, 0.29) is 0 Å². The smallest absolute Gasteiger partial charge is 0.0547 e. The number of para-hydroxylation sites is 6. The SMILES string of the molecule is c1ccc2c(c1)-c1cc3c4ccccc4c4ccccc4c3cc1-c1cc(-n3c4ccccc4c4cc(-n5c6ccccc6c6ccccc65)ccc43)ccc1-c1cccc(-n3c4ccccc4c4cc(-n5c6ccccc6c6ccccc65)ccc43)c1-2. The van der Waals surface area contributed by atoms with E-state index in [1.54, 1.807) is 0 Å². The van der Waals surface area contributed by atoms with Crippen molar-refractivity contribution >= 4 is 120 Å². The van der Waals surface area contributed by atoms with Crippen molar-refractivity contribution in [2.24, 2.45) is 0 Å². The minimum Gasteiger partial charge on any atom is -0.309 e. The second-order valence-electron chi connectivity index (χ2n) is 23.9. The molecule has 0 aliphatic heterocycles. The second-order valence-corrected chi connectivity index (χ2v) is 23.9. The fourth-order valence-electron chi connectivity index (χ4n) is 15.8. The molecule has 15 aromatic carbocycles. The number of rotatable bonds is 4. The highest BCUT2D eigenvalue weighted by Crippen LogP contribution is 2.53. The standard InChI is InChI=1S/C84H50N4/c1-3-22-56-54(20-1)55-21-2-4-23-57(55)70-50-72-68-46-51(87-79-37-17-11-29-64(79)73-47-52(41-44-81(73)87)85-75-33-13-7-25-60(75)61-26-8-14-34-76(61)85)40-43-59(68)67-32-19-39-83(84(67)66-31-6-5-24-58(66)71(72)49-69(56)70)88-80-38-18-12-30-65(80)74-48-53(42-45-82(74)88)86-77-35-15-9-27-62(77)63-28-10-16-36-78(63)86/h1-50H. The fourth-order valence-corrected chi connectivity index (χ4v) is 15.8. The molecule has 0 unspecified atom stereocenters. The van der Waals surface area contributed by atoms with E-state index >= 15 is 0 Å². The normalized spacial score (nSPS) is 12.3. The van der Waals surface area contributed by atoms with Crippen LogP contribution in [0.25, 0.3) is 187 Å². The van der Waals surface area contributed by atoms with Crippen LogP contribution in [0.1, 0.15) is 0 Å². The first-order chi connectivity index (χ1) is 43.7. The van der Waals surface area contributed by atoms with Crippen LogP contribution >= 0.6 is 0 Å². The van der Waals surface area contributed by atoms with Crippen molar-refractivity contribution in [3.05, 3.63) is 303 Å². The molecule has 4 aromatic heterocycles. The van der Waals surface area contributed by atoms with Gasteiger partial charge in [0.2, 0.25) is 0 Å². The molecule has 0 atom stereocenters. The molecule has 20 rings (SSSR count). The van der Waals surface area contributed by atoms with Crippen molar-refractivity contribution < 1.29 is 0 Å². The van der Waals surface area contributed by atoms with E-state index in [0.29, 0.717) is 0 Å². The number of nitrogens with zero attached hydrogens (tertiary/aromatic N) is 4. The summed E-state index contributed by atoms with van der Waals surface area (Å²) in [6, 6.07) is 114. The molecule has 0 bridgehead atoms. The van der Waals surface area contributed by atoms with E-state index in [1.165, 1.54) is 147 Å². The van der Waals surface area contributed by atoms with Crippen LogP contribution in [0.5, 0.6) is 0 Å². The molecule has 0 saturated heterocycles. The van der Waals surface area contributed by atoms with E-state index in [9.17, 15) is 0 Å². The van der Waals surface area contributed by atoms with Crippen LogP contribution in [0.2, 0.25) is 0 Å². The molecule has 4 heteroatoms. The molecule has 0 amide bonds. The van der Waals surface area contributed by atoms with Crippen molar-refractivity contribution in [2.75, 3.05) is 0 Å². The first-order valence-electron chi connectivity index (χ1n) is 30.5. The molecule has 1 aliphatic carbocycles. The topological polar surface area (TPSA) is 19.7 Å². The van der Waals surface area contributed by atoms with Gasteiger partial charge in [0.15, 0.2) is 0 Å². The van der Waals surface area contributed by atoms with Gasteiger partial charge < -0.3 is 18.3 Å². The van der Waals surface area contributed by atoms with Gasteiger partial charge in [-0.15, -0.1) is 0 Å². The van der Waals surface area contributed by atoms with Crippen LogP contribution in [0.15, 0.2) is 303 Å². The lowest BCUT2D eigenvalue weighted by Crippen LogP contribution is -2.04. The minimum absolute atomic E-state index is 1.11. The molecule has 406 valence electrons. The molecular formula is C84H50N4. The third kappa shape index (κ3) is 6.47. The van der Waals surface area contributed by atoms with Gasteiger partial charge in [-0.05, 0) is 174 Å². The van der Waals surface area contributed by atoms with E-state index in [4.69, 9.17) is 0 Å². The predicted molar refractivity (Wildman–Crippen MR) is 372 cm³/mol. The van der Waals surface area contributed by atoms with Crippen molar-refractivity contribution in [3.63, 3.8) is 0 Å². The van der Waals surface area contributed by atoms with Crippen LogP contribution < -0.4 is 0 Å². The molecule has 4 heterocycles. The molecule has 0 spiro atoms. The lowest BCUT2D eigenvalue weighted by atomic mass is 9.78. The predicted octanol–water partition coefficient (Wildman–Crippen LogP) is 22.5. The van der Waals surface area contributed by atoms with Crippen molar-refractivity contribution in [1.82, 2.24) is 18.3 Å². The molecule has 0 radical (unpaired) electrons. The monoisotopic (exact) mass is 1110 g/mol. The summed E-state index contributed by atoms with van der Waals surface area (Å²) in [6.45, 7) is 0. The summed E-state index contributed by atoms with van der Waals surface area (Å²) in [4.78, 5) is 0. The highest BCUT2D eigenvalue weighted by molar-refractivity contribution is 6.27. The summed E-state index contributed by atoms with van der Waals surface area (Å²) < 4.78 is 9.91. The summed E-state index contributed by atoms with van der Waals surface area (Å²) in [5.41, 5.74) is 23.5. The van der Waals surface area contributed by atoms with E-state index in [1.807, 2.05) is 0 Å². The maximum Gasteiger partial charge on any atom is 0.0547 e. The van der Waals surface area contributed by atoms with Crippen LogP contribution in [-0.4, -0.2) is 18.3 Å². The van der Waals surface area contributed by atoms with Crippen LogP contribution in [0.3, 0.4) is 0 Å². The Morgan fingerprint density at radius 3 is 0.909 bits per heavy atom. The van der Waals surface area contributed by atoms with Crippen molar-refractivity contribution in [2.45, 2.75) is 0 Å². The molecule has 0 fully saturated rings. The third-order valence-electron chi connectivity index (χ3n) is 19.5. The Hall–Kier alpha value is -11.7.